The summed E-state index contributed by atoms with van der Waals surface area (Å²) in [6.07, 6.45) is 0. The average Bonchev–Trinajstić information content (AvgIpc) is 2.47. The lowest BCUT2D eigenvalue weighted by molar-refractivity contribution is -0.118. The largest absolute Gasteiger partial charge is 0.483 e. The van der Waals surface area contributed by atoms with Crippen LogP contribution < -0.4 is 15.8 Å². The molecule has 4 nitrogen and oxygen atoms in total. The summed E-state index contributed by atoms with van der Waals surface area (Å²) in [5.41, 5.74) is 7.38. The third-order valence-electron chi connectivity index (χ3n) is 2.88. The van der Waals surface area contributed by atoms with Crippen molar-refractivity contribution in [2.24, 2.45) is 5.73 Å². The number of hydrogen-bond donors (Lipinski definition) is 2. The number of benzene rings is 2. The van der Waals surface area contributed by atoms with E-state index in [1.807, 2.05) is 37.3 Å². The van der Waals surface area contributed by atoms with Crippen LogP contribution in [0.2, 0.25) is 5.02 Å². The van der Waals surface area contributed by atoms with E-state index in [1.54, 1.807) is 18.2 Å². The fourth-order valence-corrected chi connectivity index (χ4v) is 2.05. The first-order chi connectivity index (χ1) is 10.1. The second kappa shape index (κ2) is 7.11. The van der Waals surface area contributed by atoms with Gasteiger partial charge in [-0.2, -0.15) is 0 Å². The summed E-state index contributed by atoms with van der Waals surface area (Å²) in [5.74, 6) is 0.337. The van der Waals surface area contributed by atoms with Crippen LogP contribution in [0.15, 0.2) is 48.5 Å². The molecule has 0 aliphatic rings. The molecular formula is C16H17ClN2O2. The van der Waals surface area contributed by atoms with Gasteiger partial charge in [-0.25, -0.2) is 0 Å². The molecule has 0 spiro atoms. The van der Waals surface area contributed by atoms with E-state index < -0.39 is 0 Å². The molecule has 1 amide bonds. The molecule has 2 aromatic carbocycles. The maximum atomic E-state index is 11.8. The first-order valence-electron chi connectivity index (χ1n) is 6.59. The fourth-order valence-electron chi connectivity index (χ4n) is 1.87. The third-order valence-corrected chi connectivity index (χ3v) is 3.11. The number of halogens is 1. The van der Waals surface area contributed by atoms with Crippen molar-refractivity contribution in [1.82, 2.24) is 0 Å². The minimum atomic E-state index is -0.230. The van der Waals surface area contributed by atoms with Gasteiger partial charge in [0.15, 0.2) is 6.61 Å². The van der Waals surface area contributed by atoms with Crippen molar-refractivity contribution in [2.45, 2.75) is 13.0 Å². The quantitative estimate of drug-likeness (QED) is 0.890. The van der Waals surface area contributed by atoms with Gasteiger partial charge in [-0.15, -0.1) is 0 Å². The molecular weight excluding hydrogens is 288 g/mol. The summed E-state index contributed by atoms with van der Waals surface area (Å²) >= 11 is 5.94. The van der Waals surface area contributed by atoms with Crippen molar-refractivity contribution in [3.8, 4) is 5.75 Å². The molecule has 0 unspecified atom stereocenters. The number of ether oxygens (including phenoxy) is 1. The Labute approximate surface area is 128 Å². The number of nitrogens with one attached hydrogen (secondary N) is 1. The second-order valence-electron chi connectivity index (χ2n) is 4.67. The number of amides is 1. The van der Waals surface area contributed by atoms with Gasteiger partial charge in [-0.3, -0.25) is 4.79 Å². The van der Waals surface area contributed by atoms with E-state index in [0.29, 0.717) is 10.8 Å². The van der Waals surface area contributed by atoms with Crippen molar-refractivity contribution >= 4 is 23.2 Å². The van der Waals surface area contributed by atoms with Crippen LogP contribution in [0.25, 0.3) is 0 Å². The summed E-state index contributed by atoms with van der Waals surface area (Å²) in [4.78, 5) is 11.8. The zero-order chi connectivity index (χ0) is 15.2. The monoisotopic (exact) mass is 304 g/mol. The number of carbonyl (C=O) groups excluding carboxylic acids is 1. The number of anilines is 1. The molecule has 3 N–H and O–H groups in total. The lowest BCUT2D eigenvalue weighted by Gasteiger charge is -2.14. The predicted octanol–water partition coefficient (Wildman–Crippen LogP) is 3.38. The highest BCUT2D eigenvalue weighted by Gasteiger charge is 2.11. The average molecular weight is 305 g/mol. The normalized spacial score (nSPS) is 11.8. The van der Waals surface area contributed by atoms with Crippen LogP contribution in [-0.2, 0) is 4.79 Å². The molecule has 5 heteroatoms. The maximum Gasteiger partial charge on any atom is 0.262 e. The molecule has 0 fully saturated rings. The Kier molecular flexibility index (Phi) is 5.20. The summed E-state index contributed by atoms with van der Waals surface area (Å²) in [7, 11) is 0. The Hall–Kier alpha value is -2.04. The Balaban J connectivity index is 1.98. The van der Waals surface area contributed by atoms with Crippen molar-refractivity contribution < 1.29 is 9.53 Å². The molecule has 2 rings (SSSR count). The highest BCUT2D eigenvalue weighted by Crippen LogP contribution is 2.27. The Morgan fingerprint density at radius 1 is 1.29 bits per heavy atom. The summed E-state index contributed by atoms with van der Waals surface area (Å²) < 4.78 is 5.54. The van der Waals surface area contributed by atoms with E-state index in [9.17, 15) is 4.79 Å². The number of hydrogen-bond acceptors (Lipinski definition) is 3. The zero-order valence-corrected chi connectivity index (χ0v) is 12.4. The van der Waals surface area contributed by atoms with Gasteiger partial charge in [-0.1, -0.05) is 29.8 Å². The van der Waals surface area contributed by atoms with Gasteiger partial charge in [0.05, 0.1) is 0 Å². The van der Waals surface area contributed by atoms with Gasteiger partial charge < -0.3 is 15.8 Å². The van der Waals surface area contributed by atoms with Gasteiger partial charge >= 0.3 is 0 Å². The van der Waals surface area contributed by atoms with Gasteiger partial charge in [0.25, 0.3) is 5.91 Å². The number of carbonyl (C=O) groups is 1. The molecule has 0 saturated heterocycles. The molecule has 0 aromatic heterocycles. The Morgan fingerprint density at radius 3 is 2.67 bits per heavy atom. The molecule has 0 bridgehead atoms. The molecule has 21 heavy (non-hydrogen) atoms. The molecule has 2 aromatic rings. The van der Waals surface area contributed by atoms with E-state index in [4.69, 9.17) is 22.1 Å². The van der Waals surface area contributed by atoms with Gasteiger partial charge in [-0.05, 0) is 37.3 Å². The van der Waals surface area contributed by atoms with Gasteiger partial charge in [0, 0.05) is 22.3 Å². The summed E-state index contributed by atoms with van der Waals surface area (Å²) in [6.45, 7) is 1.75. The highest BCUT2D eigenvalue weighted by atomic mass is 35.5. The van der Waals surface area contributed by atoms with E-state index >= 15 is 0 Å². The topological polar surface area (TPSA) is 64.3 Å². The zero-order valence-electron chi connectivity index (χ0n) is 11.7. The molecule has 0 aliphatic carbocycles. The minimum Gasteiger partial charge on any atom is -0.483 e. The van der Waals surface area contributed by atoms with Crippen molar-refractivity contribution in [1.29, 1.82) is 0 Å². The molecule has 110 valence electrons. The first-order valence-corrected chi connectivity index (χ1v) is 6.97. The van der Waals surface area contributed by atoms with E-state index in [-0.39, 0.29) is 18.6 Å². The van der Waals surface area contributed by atoms with Crippen LogP contribution in [-0.4, -0.2) is 12.5 Å². The van der Waals surface area contributed by atoms with Crippen LogP contribution in [0.3, 0.4) is 0 Å². The lowest BCUT2D eigenvalue weighted by Crippen LogP contribution is -2.21. The first kappa shape index (κ1) is 15.4. The molecule has 0 saturated carbocycles. The van der Waals surface area contributed by atoms with Crippen LogP contribution >= 0.6 is 11.6 Å². The van der Waals surface area contributed by atoms with Crippen LogP contribution in [0.1, 0.15) is 18.5 Å². The molecule has 0 aliphatic heterocycles. The van der Waals surface area contributed by atoms with E-state index in [2.05, 4.69) is 5.32 Å². The van der Waals surface area contributed by atoms with Crippen LogP contribution in [0.4, 0.5) is 5.69 Å². The third kappa shape index (κ3) is 4.48. The number of rotatable bonds is 5. The van der Waals surface area contributed by atoms with Crippen LogP contribution in [0, 0.1) is 0 Å². The highest BCUT2D eigenvalue weighted by molar-refractivity contribution is 6.30. The Morgan fingerprint density at radius 2 is 2.00 bits per heavy atom. The van der Waals surface area contributed by atoms with E-state index in [1.165, 1.54) is 0 Å². The van der Waals surface area contributed by atoms with Crippen molar-refractivity contribution in [2.75, 3.05) is 11.9 Å². The summed E-state index contributed by atoms with van der Waals surface area (Å²) in [5, 5.41) is 3.34. The van der Waals surface area contributed by atoms with Crippen LogP contribution in [0.5, 0.6) is 5.75 Å². The second-order valence-corrected chi connectivity index (χ2v) is 5.11. The minimum absolute atomic E-state index is 0.0871. The Bertz CT molecular complexity index is 615. The van der Waals surface area contributed by atoms with Crippen molar-refractivity contribution in [3.05, 3.63) is 59.1 Å². The lowest BCUT2D eigenvalue weighted by atomic mass is 10.1. The molecule has 0 heterocycles. The van der Waals surface area contributed by atoms with Crippen molar-refractivity contribution in [3.63, 3.8) is 0 Å². The predicted molar refractivity (Wildman–Crippen MR) is 84.6 cm³/mol. The van der Waals surface area contributed by atoms with Gasteiger partial charge in [0.2, 0.25) is 0 Å². The maximum absolute atomic E-state index is 11.8. The summed E-state index contributed by atoms with van der Waals surface area (Å²) in [6, 6.07) is 14.2. The SMILES string of the molecule is C[C@H](N)c1cc(Cl)ccc1OCC(=O)Nc1ccccc1. The number of nitrogens with two attached hydrogens (primary N) is 1. The number of para-hydroxylation sites is 1. The van der Waals surface area contributed by atoms with E-state index in [0.717, 1.165) is 11.3 Å². The fraction of sp³-hybridized carbons (Fsp3) is 0.188. The smallest absolute Gasteiger partial charge is 0.262 e. The molecule has 0 radical (unpaired) electrons. The standard InChI is InChI=1S/C16H17ClN2O2/c1-11(18)14-9-12(17)7-8-15(14)21-10-16(20)19-13-5-3-2-4-6-13/h2-9,11H,10,18H2,1H3,(H,19,20)/t11-/m0/s1. The van der Waals surface area contributed by atoms with Gasteiger partial charge in [0.1, 0.15) is 5.75 Å². The molecule has 1 atom stereocenters.